The lowest BCUT2D eigenvalue weighted by Gasteiger charge is -2.30. The van der Waals surface area contributed by atoms with Gasteiger partial charge >= 0.3 is 0 Å². The predicted molar refractivity (Wildman–Crippen MR) is 119 cm³/mol. The van der Waals surface area contributed by atoms with Crippen LogP contribution in [0.3, 0.4) is 0 Å². The van der Waals surface area contributed by atoms with Gasteiger partial charge in [0.15, 0.2) is 0 Å². The average Bonchev–Trinajstić information content (AvgIpc) is 3.48. The molecule has 0 saturated carbocycles. The number of nitrogens with one attached hydrogen (secondary N) is 1. The van der Waals surface area contributed by atoms with Crippen molar-refractivity contribution in [3.63, 3.8) is 0 Å². The van der Waals surface area contributed by atoms with Crippen molar-refractivity contribution in [1.82, 2.24) is 14.5 Å². The molecule has 0 aliphatic carbocycles. The highest BCUT2D eigenvalue weighted by Crippen LogP contribution is 2.26. The largest absolute Gasteiger partial charge is 0.352 e. The van der Waals surface area contributed by atoms with Crippen molar-refractivity contribution < 1.29 is 13.2 Å². The normalized spacial score (nSPS) is 21.0. The zero-order valence-electron chi connectivity index (χ0n) is 17.1. The lowest BCUT2D eigenvalue weighted by atomic mass is 9.98. The molecular weight excluding hydrogens is 418 g/mol. The minimum atomic E-state index is -3.51. The first-order chi connectivity index (χ1) is 14.5. The zero-order chi connectivity index (χ0) is 21.0. The van der Waals surface area contributed by atoms with E-state index in [-0.39, 0.29) is 18.4 Å². The fraction of sp³-hybridized carbons (Fsp3) is 0.500. The molecule has 2 fully saturated rings. The molecule has 1 atom stereocenters. The van der Waals surface area contributed by atoms with Gasteiger partial charge in [-0.15, -0.1) is 11.3 Å². The van der Waals surface area contributed by atoms with E-state index in [9.17, 15) is 13.2 Å². The van der Waals surface area contributed by atoms with Gasteiger partial charge in [0.25, 0.3) is 10.0 Å². The van der Waals surface area contributed by atoms with E-state index in [1.54, 1.807) is 17.5 Å². The highest BCUT2D eigenvalue weighted by Gasteiger charge is 2.33. The average molecular weight is 448 g/mol. The number of carbonyl (C=O) groups is 1. The van der Waals surface area contributed by atoms with Gasteiger partial charge in [-0.25, -0.2) is 8.42 Å². The summed E-state index contributed by atoms with van der Waals surface area (Å²) in [4.78, 5) is 15.3. The zero-order valence-corrected chi connectivity index (χ0v) is 18.8. The van der Waals surface area contributed by atoms with Crippen LogP contribution in [-0.2, 0) is 27.9 Å². The van der Waals surface area contributed by atoms with Crippen molar-refractivity contribution in [3.8, 4) is 0 Å². The van der Waals surface area contributed by atoms with E-state index in [4.69, 9.17) is 0 Å². The van der Waals surface area contributed by atoms with Crippen LogP contribution in [0.1, 0.15) is 36.8 Å². The number of likely N-dealkylation sites (tertiary alicyclic amines) is 1. The number of amides is 1. The van der Waals surface area contributed by atoms with E-state index < -0.39 is 10.0 Å². The number of hydrogen-bond acceptors (Lipinski definition) is 5. The SMILES string of the molecule is O=C(NCc1ccccc1CN1CCCC1)[C@@H]1CCCN(S(=O)(=O)c2cccs2)C1. The molecule has 30 heavy (non-hydrogen) atoms. The second kappa shape index (κ2) is 9.60. The second-order valence-corrected chi connectivity index (χ2v) is 11.2. The fourth-order valence-electron chi connectivity index (χ4n) is 4.30. The van der Waals surface area contributed by atoms with E-state index in [2.05, 4.69) is 22.3 Å². The van der Waals surface area contributed by atoms with Crippen LogP contribution in [0.5, 0.6) is 0 Å². The van der Waals surface area contributed by atoms with Crippen LogP contribution in [0.4, 0.5) is 0 Å². The summed E-state index contributed by atoms with van der Waals surface area (Å²) in [7, 11) is -3.51. The van der Waals surface area contributed by atoms with Crippen LogP contribution in [0.15, 0.2) is 46.0 Å². The summed E-state index contributed by atoms with van der Waals surface area (Å²) in [6.45, 7) is 4.40. The van der Waals surface area contributed by atoms with E-state index in [0.29, 0.717) is 23.7 Å². The highest BCUT2D eigenvalue weighted by atomic mass is 32.2. The maximum atomic E-state index is 12.8. The van der Waals surface area contributed by atoms with Gasteiger partial charge in [0, 0.05) is 26.2 Å². The molecule has 2 saturated heterocycles. The lowest BCUT2D eigenvalue weighted by molar-refractivity contribution is -0.126. The van der Waals surface area contributed by atoms with Crippen molar-refractivity contribution in [3.05, 3.63) is 52.9 Å². The maximum Gasteiger partial charge on any atom is 0.252 e. The number of carbonyl (C=O) groups excluding carboxylic acids is 1. The summed E-state index contributed by atoms with van der Waals surface area (Å²) in [6.07, 6.45) is 3.93. The molecular formula is C22H29N3O3S2. The number of sulfonamides is 1. The third-order valence-electron chi connectivity index (χ3n) is 6.01. The number of thiophene rings is 1. The molecule has 6 nitrogen and oxygen atoms in total. The molecule has 1 amide bonds. The predicted octanol–water partition coefficient (Wildman–Crippen LogP) is 3.06. The topological polar surface area (TPSA) is 69.7 Å². The van der Waals surface area contributed by atoms with Gasteiger partial charge in [-0.05, 0) is 61.3 Å². The van der Waals surface area contributed by atoms with Gasteiger partial charge in [0.05, 0.1) is 5.92 Å². The van der Waals surface area contributed by atoms with Crippen molar-refractivity contribution in [2.75, 3.05) is 26.2 Å². The van der Waals surface area contributed by atoms with Crippen LogP contribution in [0.25, 0.3) is 0 Å². The molecule has 8 heteroatoms. The molecule has 2 aliphatic rings. The Morgan fingerprint density at radius 3 is 2.53 bits per heavy atom. The molecule has 1 aromatic carbocycles. The van der Waals surface area contributed by atoms with Gasteiger partial charge in [0.1, 0.15) is 4.21 Å². The van der Waals surface area contributed by atoms with E-state index in [1.807, 2.05) is 12.1 Å². The Kier molecular flexibility index (Phi) is 6.87. The van der Waals surface area contributed by atoms with Crippen molar-refractivity contribution >= 4 is 27.3 Å². The monoisotopic (exact) mass is 447 g/mol. The third kappa shape index (κ3) is 4.94. The number of benzene rings is 1. The molecule has 0 spiro atoms. The van der Waals surface area contributed by atoms with E-state index >= 15 is 0 Å². The van der Waals surface area contributed by atoms with E-state index in [1.165, 1.54) is 34.0 Å². The smallest absolute Gasteiger partial charge is 0.252 e. The fourth-order valence-corrected chi connectivity index (χ4v) is 6.97. The molecule has 2 aromatic rings. The van der Waals surface area contributed by atoms with Crippen LogP contribution in [-0.4, -0.2) is 49.7 Å². The molecule has 0 unspecified atom stereocenters. The van der Waals surface area contributed by atoms with Crippen LogP contribution in [0.2, 0.25) is 0 Å². The molecule has 3 heterocycles. The Balaban J connectivity index is 1.36. The first-order valence-corrected chi connectivity index (χ1v) is 13.0. The molecule has 0 radical (unpaired) electrons. The molecule has 1 N–H and O–H groups in total. The molecule has 4 rings (SSSR count). The van der Waals surface area contributed by atoms with Crippen molar-refractivity contribution in [2.45, 2.75) is 43.0 Å². The summed E-state index contributed by atoms with van der Waals surface area (Å²) >= 11 is 1.22. The summed E-state index contributed by atoms with van der Waals surface area (Å²) in [5.41, 5.74) is 2.39. The van der Waals surface area contributed by atoms with Gasteiger partial charge in [-0.3, -0.25) is 9.69 Å². The first-order valence-electron chi connectivity index (χ1n) is 10.6. The van der Waals surface area contributed by atoms with Gasteiger partial charge in [-0.1, -0.05) is 30.3 Å². The molecule has 2 aliphatic heterocycles. The Morgan fingerprint density at radius 1 is 1.03 bits per heavy atom. The molecule has 162 valence electrons. The van der Waals surface area contributed by atoms with E-state index in [0.717, 1.165) is 31.6 Å². The van der Waals surface area contributed by atoms with Gasteiger partial charge in [0.2, 0.25) is 5.91 Å². The quantitative estimate of drug-likeness (QED) is 0.708. The molecule has 1 aromatic heterocycles. The summed E-state index contributed by atoms with van der Waals surface area (Å²) in [6, 6.07) is 11.6. The van der Waals surface area contributed by atoms with Gasteiger partial charge < -0.3 is 5.32 Å². The summed E-state index contributed by atoms with van der Waals surface area (Å²) in [5.74, 6) is -0.365. The van der Waals surface area contributed by atoms with Crippen molar-refractivity contribution in [2.24, 2.45) is 5.92 Å². The first kappa shape index (κ1) is 21.5. The Labute approximate surface area is 182 Å². The maximum absolute atomic E-state index is 12.8. The summed E-state index contributed by atoms with van der Waals surface area (Å²) in [5, 5.41) is 4.83. The lowest BCUT2D eigenvalue weighted by Crippen LogP contribution is -2.45. The number of hydrogen-bond donors (Lipinski definition) is 1. The van der Waals surface area contributed by atoms with Crippen LogP contribution >= 0.6 is 11.3 Å². The second-order valence-electron chi connectivity index (χ2n) is 8.10. The highest BCUT2D eigenvalue weighted by molar-refractivity contribution is 7.91. The van der Waals surface area contributed by atoms with Crippen LogP contribution < -0.4 is 5.32 Å². The van der Waals surface area contributed by atoms with Crippen molar-refractivity contribution in [1.29, 1.82) is 0 Å². The standard InChI is InChI=1S/C22H29N3O3S2/c26-22(20-9-5-13-25(17-20)30(27,28)21-10-6-14-29-21)23-15-18-7-1-2-8-19(18)16-24-11-3-4-12-24/h1-2,6-8,10,14,20H,3-5,9,11-13,15-17H2,(H,23,26)/t20-/m1/s1. The minimum absolute atomic E-state index is 0.0583. The Morgan fingerprint density at radius 2 is 1.80 bits per heavy atom. The Hall–Kier alpha value is -1.74. The third-order valence-corrected chi connectivity index (χ3v) is 9.25. The summed E-state index contributed by atoms with van der Waals surface area (Å²) < 4.78 is 27.4. The Bertz CT molecular complexity index is 954. The van der Waals surface area contributed by atoms with Gasteiger partial charge in [-0.2, -0.15) is 4.31 Å². The van der Waals surface area contributed by atoms with Crippen LogP contribution in [0, 0.1) is 5.92 Å². The number of nitrogens with zero attached hydrogens (tertiary/aromatic N) is 2. The molecule has 0 bridgehead atoms. The number of rotatable bonds is 7. The number of piperidine rings is 1. The minimum Gasteiger partial charge on any atom is -0.352 e.